The van der Waals surface area contributed by atoms with Crippen LogP contribution in [0.1, 0.15) is 10.4 Å². The predicted molar refractivity (Wildman–Crippen MR) is 110 cm³/mol. The third-order valence-corrected chi connectivity index (χ3v) is 4.01. The first-order chi connectivity index (χ1) is 13.7. The number of amides is 1. The number of hydrogen-bond acceptors (Lipinski definition) is 3. The second-order valence-electron chi connectivity index (χ2n) is 5.67. The van der Waals surface area contributed by atoms with Gasteiger partial charge in [-0.05, 0) is 36.4 Å². The van der Waals surface area contributed by atoms with Crippen LogP contribution in [0.5, 0.6) is 17.2 Å². The van der Waals surface area contributed by atoms with Gasteiger partial charge >= 0.3 is 0 Å². The Bertz CT molecular complexity index is 993. The van der Waals surface area contributed by atoms with Crippen LogP contribution in [0.2, 0.25) is 5.02 Å². The molecule has 28 heavy (non-hydrogen) atoms. The van der Waals surface area contributed by atoms with Gasteiger partial charge in [-0.2, -0.15) is 0 Å². The van der Waals surface area contributed by atoms with Crippen molar-refractivity contribution in [3.05, 3.63) is 89.4 Å². The molecule has 4 nitrogen and oxygen atoms in total. The number of benzene rings is 3. The third kappa shape index (κ3) is 5.54. The van der Waals surface area contributed by atoms with Crippen LogP contribution >= 0.6 is 11.6 Å². The van der Waals surface area contributed by atoms with Crippen LogP contribution in [0.3, 0.4) is 0 Å². The summed E-state index contributed by atoms with van der Waals surface area (Å²) in [5.41, 5.74) is 0.445. The predicted octanol–water partition coefficient (Wildman–Crippen LogP) is 4.94. The topological polar surface area (TPSA) is 47.6 Å². The van der Waals surface area contributed by atoms with Gasteiger partial charge in [0.25, 0.3) is 5.91 Å². The molecule has 3 rings (SSSR count). The Kier molecular flexibility index (Phi) is 6.95. The van der Waals surface area contributed by atoms with E-state index in [2.05, 4.69) is 17.2 Å². The summed E-state index contributed by atoms with van der Waals surface area (Å²) in [5.74, 6) is 7.17. The maximum Gasteiger partial charge on any atom is 0.255 e. The highest BCUT2D eigenvalue weighted by Gasteiger charge is 2.11. The van der Waals surface area contributed by atoms with Gasteiger partial charge in [-0.25, -0.2) is 0 Å². The number of para-hydroxylation sites is 3. The zero-order valence-electron chi connectivity index (χ0n) is 15.0. The molecule has 0 radical (unpaired) electrons. The number of halogens is 1. The normalized spacial score (nSPS) is 9.75. The van der Waals surface area contributed by atoms with Crippen LogP contribution in [0, 0.1) is 11.8 Å². The van der Waals surface area contributed by atoms with Crippen molar-refractivity contribution in [1.82, 2.24) is 5.32 Å². The summed E-state index contributed by atoms with van der Waals surface area (Å²) >= 11 is 6.00. The molecule has 3 aromatic rings. The van der Waals surface area contributed by atoms with E-state index in [0.717, 1.165) is 0 Å². The molecule has 0 saturated heterocycles. The van der Waals surface area contributed by atoms with Crippen molar-refractivity contribution in [2.24, 2.45) is 0 Å². The lowest BCUT2D eigenvalue weighted by molar-refractivity contribution is 0.0956. The van der Waals surface area contributed by atoms with E-state index in [1.807, 2.05) is 48.5 Å². The molecule has 5 heteroatoms. The highest BCUT2D eigenvalue weighted by Crippen LogP contribution is 2.25. The Labute approximate surface area is 169 Å². The maximum absolute atomic E-state index is 12.4. The van der Waals surface area contributed by atoms with Gasteiger partial charge in [-0.1, -0.05) is 65.9 Å². The molecule has 0 aromatic heterocycles. The smallest absolute Gasteiger partial charge is 0.255 e. The van der Waals surface area contributed by atoms with Crippen LogP contribution in [0.4, 0.5) is 0 Å². The van der Waals surface area contributed by atoms with Crippen LogP contribution < -0.4 is 14.8 Å². The van der Waals surface area contributed by atoms with Crippen LogP contribution in [-0.4, -0.2) is 19.1 Å². The first-order valence-corrected chi connectivity index (χ1v) is 9.05. The summed E-state index contributed by atoms with van der Waals surface area (Å²) in [6.07, 6.45) is 0. The fraction of sp³-hybridized carbons (Fsp3) is 0.0870. The maximum atomic E-state index is 12.4. The van der Waals surface area contributed by atoms with Crippen molar-refractivity contribution >= 4 is 17.5 Å². The molecule has 0 heterocycles. The molecule has 0 aliphatic carbocycles. The first-order valence-electron chi connectivity index (χ1n) is 8.67. The first kappa shape index (κ1) is 19.3. The number of ether oxygens (including phenoxy) is 2. The van der Waals surface area contributed by atoms with E-state index >= 15 is 0 Å². The number of nitrogens with one attached hydrogen (secondary N) is 1. The van der Waals surface area contributed by atoms with Crippen molar-refractivity contribution in [1.29, 1.82) is 0 Å². The minimum Gasteiger partial charge on any atom is -0.479 e. The quantitative estimate of drug-likeness (QED) is 0.605. The summed E-state index contributed by atoms with van der Waals surface area (Å²) in [7, 11) is 0. The van der Waals surface area contributed by atoms with Gasteiger partial charge in [0.2, 0.25) is 0 Å². The fourth-order valence-electron chi connectivity index (χ4n) is 2.37. The second kappa shape index (κ2) is 10.1. The van der Waals surface area contributed by atoms with Crippen LogP contribution in [-0.2, 0) is 0 Å². The van der Waals surface area contributed by atoms with Gasteiger partial charge in [-0.3, -0.25) is 4.79 Å². The third-order valence-electron chi connectivity index (χ3n) is 3.70. The van der Waals surface area contributed by atoms with Gasteiger partial charge in [0.05, 0.1) is 17.1 Å². The molecule has 0 aliphatic rings. The Morgan fingerprint density at radius 2 is 1.54 bits per heavy atom. The molecule has 0 spiro atoms. The Balaban J connectivity index is 1.52. The zero-order valence-corrected chi connectivity index (χ0v) is 15.8. The van der Waals surface area contributed by atoms with Crippen molar-refractivity contribution in [2.75, 3.05) is 13.2 Å². The minimum atomic E-state index is -0.257. The molecule has 0 aliphatic heterocycles. The Morgan fingerprint density at radius 1 is 0.857 bits per heavy atom. The van der Waals surface area contributed by atoms with Crippen molar-refractivity contribution < 1.29 is 14.3 Å². The average molecular weight is 392 g/mol. The molecular weight excluding hydrogens is 374 g/mol. The second-order valence-corrected chi connectivity index (χ2v) is 6.07. The van der Waals surface area contributed by atoms with Gasteiger partial charge in [-0.15, -0.1) is 0 Å². The highest BCUT2D eigenvalue weighted by atomic mass is 35.5. The summed E-state index contributed by atoms with van der Waals surface area (Å²) in [4.78, 5) is 12.4. The monoisotopic (exact) mass is 391 g/mol. The van der Waals surface area contributed by atoms with Crippen LogP contribution in [0.25, 0.3) is 0 Å². The van der Waals surface area contributed by atoms with E-state index in [0.29, 0.717) is 27.8 Å². The van der Waals surface area contributed by atoms with Gasteiger partial charge in [0.15, 0.2) is 0 Å². The van der Waals surface area contributed by atoms with Crippen molar-refractivity contribution in [3.63, 3.8) is 0 Å². The molecule has 0 unspecified atom stereocenters. The number of hydrogen-bond donors (Lipinski definition) is 1. The Hall–Kier alpha value is -3.42. The van der Waals surface area contributed by atoms with Crippen molar-refractivity contribution in [2.45, 2.75) is 0 Å². The lowest BCUT2D eigenvalue weighted by Crippen LogP contribution is -2.24. The number of rotatable bonds is 6. The zero-order chi connectivity index (χ0) is 19.6. The van der Waals surface area contributed by atoms with E-state index in [1.165, 1.54) is 0 Å². The molecule has 3 aromatic carbocycles. The lowest BCUT2D eigenvalue weighted by Gasteiger charge is -2.10. The molecular formula is C23H18ClNO3. The molecule has 0 fully saturated rings. The van der Waals surface area contributed by atoms with Gasteiger partial charge in [0.1, 0.15) is 23.9 Å². The molecule has 1 N–H and O–H groups in total. The fourth-order valence-corrected chi connectivity index (χ4v) is 2.56. The van der Waals surface area contributed by atoms with Gasteiger partial charge < -0.3 is 14.8 Å². The summed E-state index contributed by atoms with van der Waals surface area (Å²) < 4.78 is 11.3. The van der Waals surface area contributed by atoms with E-state index in [9.17, 15) is 4.79 Å². The largest absolute Gasteiger partial charge is 0.479 e. The number of carbonyl (C=O) groups is 1. The van der Waals surface area contributed by atoms with Crippen LogP contribution in [0.15, 0.2) is 78.9 Å². The molecule has 140 valence electrons. The summed E-state index contributed by atoms with van der Waals surface area (Å²) in [5, 5.41) is 3.30. The number of carbonyl (C=O) groups excluding carboxylic acids is 1. The summed E-state index contributed by atoms with van der Waals surface area (Å²) in [6, 6.07) is 23.6. The van der Waals surface area contributed by atoms with E-state index in [-0.39, 0.29) is 19.1 Å². The van der Waals surface area contributed by atoms with E-state index < -0.39 is 0 Å². The standard InChI is InChI=1S/C23H18ClNO3/c24-20-13-5-7-15-22(20)27-17-9-8-16-25-23(26)19-12-4-6-14-21(19)28-18-10-2-1-3-11-18/h1-7,10-15H,16-17H2,(H,25,26). The Morgan fingerprint density at radius 3 is 2.32 bits per heavy atom. The summed E-state index contributed by atoms with van der Waals surface area (Å²) in [6.45, 7) is 0.387. The molecule has 1 amide bonds. The van der Waals surface area contributed by atoms with E-state index in [4.69, 9.17) is 21.1 Å². The van der Waals surface area contributed by atoms with Crippen molar-refractivity contribution in [3.8, 4) is 29.1 Å². The minimum absolute atomic E-state index is 0.188. The average Bonchev–Trinajstić information content (AvgIpc) is 2.73. The highest BCUT2D eigenvalue weighted by molar-refractivity contribution is 6.32. The lowest BCUT2D eigenvalue weighted by atomic mass is 10.2. The van der Waals surface area contributed by atoms with Gasteiger partial charge in [0, 0.05) is 0 Å². The van der Waals surface area contributed by atoms with E-state index in [1.54, 1.807) is 30.3 Å². The SMILES string of the molecule is O=C(NCC#CCOc1ccccc1Cl)c1ccccc1Oc1ccccc1. The molecule has 0 atom stereocenters. The molecule has 0 saturated carbocycles. The molecule has 0 bridgehead atoms.